The molecule has 1 saturated heterocycles. The van der Waals surface area contributed by atoms with Crippen molar-refractivity contribution in [1.29, 1.82) is 0 Å². The molecule has 0 atom stereocenters. The van der Waals surface area contributed by atoms with Crippen molar-refractivity contribution in [3.63, 3.8) is 0 Å². The molecule has 6 heteroatoms. The number of ether oxygens (including phenoxy) is 3. The largest absolute Gasteiger partial charge is 0.493 e. The van der Waals surface area contributed by atoms with E-state index in [4.69, 9.17) is 14.2 Å². The van der Waals surface area contributed by atoms with Crippen molar-refractivity contribution in [1.82, 2.24) is 9.88 Å². The normalized spacial score (nSPS) is 17.4. The molecule has 0 spiro atoms. The van der Waals surface area contributed by atoms with Crippen LogP contribution in [0.3, 0.4) is 0 Å². The summed E-state index contributed by atoms with van der Waals surface area (Å²) in [6, 6.07) is 2.04. The molecule has 1 fully saturated rings. The van der Waals surface area contributed by atoms with Crippen LogP contribution in [0, 0.1) is 5.92 Å². The summed E-state index contributed by atoms with van der Waals surface area (Å²) < 4.78 is 17.4. The standard InChI is InChI=1S/C21H34N2O4/c1-8-17-18(25-11-16-12-26-21(6,7)27-13-16)9-10-22-19(17)20(24)23(14(2)3)15(4)5/h9-10,14-16H,8,11-13H2,1-7H3. The molecule has 1 aromatic heterocycles. The lowest BCUT2D eigenvalue weighted by molar-refractivity contribution is -0.264. The molecule has 0 N–H and O–H groups in total. The first-order chi connectivity index (χ1) is 12.7. The summed E-state index contributed by atoms with van der Waals surface area (Å²) >= 11 is 0. The Morgan fingerprint density at radius 1 is 1.26 bits per heavy atom. The number of pyridine rings is 1. The van der Waals surface area contributed by atoms with Crippen LogP contribution in [0.5, 0.6) is 5.75 Å². The molecule has 27 heavy (non-hydrogen) atoms. The molecule has 1 aliphatic rings. The van der Waals surface area contributed by atoms with Gasteiger partial charge >= 0.3 is 0 Å². The summed E-state index contributed by atoms with van der Waals surface area (Å²) in [5, 5.41) is 0. The van der Waals surface area contributed by atoms with Gasteiger partial charge in [0.25, 0.3) is 5.91 Å². The van der Waals surface area contributed by atoms with Crippen LogP contribution < -0.4 is 4.74 Å². The fourth-order valence-corrected chi connectivity index (χ4v) is 3.35. The Bertz CT molecular complexity index is 625. The molecule has 2 rings (SSSR count). The highest BCUT2D eigenvalue weighted by molar-refractivity contribution is 5.94. The van der Waals surface area contributed by atoms with E-state index in [1.807, 2.05) is 59.4 Å². The monoisotopic (exact) mass is 378 g/mol. The summed E-state index contributed by atoms with van der Waals surface area (Å²) in [7, 11) is 0. The zero-order valence-electron chi connectivity index (χ0n) is 17.7. The number of nitrogens with zero attached hydrogens (tertiary/aromatic N) is 2. The zero-order chi connectivity index (χ0) is 20.2. The highest BCUT2D eigenvalue weighted by Crippen LogP contribution is 2.26. The first-order valence-corrected chi connectivity index (χ1v) is 9.87. The quantitative estimate of drug-likeness (QED) is 0.724. The Hall–Kier alpha value is -1.66. The fraction of sp³-hybridized carbons (Fsp3) is 0.714. The maximum absolute atomic E-state index is 13.1. The lowest BCUT2D eigenvalue weighted by atomic mass is 10.1. The predicted molar refractivity (Wildman–Crippen MR) is 105 cm³/mol. The van der Waals surface area contributed by atoms with Crippen molar-refractivity contribution in [2.24, 2.45) is 5.92 Å². The topological polar surface area (TPSA) is 60.9 Å². The maximum atomic E-state index is 13.1. The minimum Gasteiger partial charge on any atom is -0.493 e. The second kappa shape index (κ2) is 9.02. The Labute approximate surface area is 163 Å². The number of carbonyl (C=O) groups excluding carboxylic acids is 1. The van der Waals surface area contributed by atoms with E-state index in [0.29, 0.717) is 37.7 Å². The molecule has 0 aromatic carbocycles. The van der Waals surface area contributed by atoms with E-state index in [1.165, 1.54) is 0 Å². The second-order valence-electron chi connectivity index (χ2n) is 8.09. The molecule has 0 aliphatic carbocycles. The van der Waals surface area contributed by atoms with Crippen LogP contribution >= 0.6 is 0 Å². The molecule has 0 bridgehead atoms. The molecule has 1 aliphatic heterocycles. The van der Waals surface area contributed by atoms with Gasteiger partial charge in [-0.3, -0.25) is 9.78 Å². The maximum Gasteiger partial charge on any atom is 0.273 e. The van der Waals surface area contributed by atoms with Crippen molar-refractivity contribution < 1.29 is 19.0 Å². The van der Waals surface area contributed by atoms with Gasteiger partial charge in [0, 0.05) is 29.8 Å². The third-order valence-electron chi connectivity index (χ3n) is 4.72. The number of amides is 1. The number of hydrogen-bond acceptors (Lipinski definition) is 5. The van der Waals surface area contributed by atoms with Crippen LogP contribution in [0.4, 0.5) is 0 Å². The molecular weight excluding hydrogens is 344 g/mol. The van der Waals surface area contributed by atoms with E-state index < -0.39 is 5.79 Å². The lowest BCUT2D eigenvalue weighted by Gasteiger charge is -2.35. The molecule has 2 heterocycles. The van der Waals surface area contributed by atoms with E-state index in [2.05, 4.69) is 4.98 Å². The first-order valence-electron chi connectivity index (χ1n) is 9.87. The van der Waals surface area contributed by atoms with Crippen LogP contribution in [-0.4, -0.2) is 53.5 Å². The lowest BCUT2D eigenvalue weighted by Crippen LogP contribution is -2.43. The van der Waals surface area contributed by atoms with Gasteiger partial charge < -0.3 is 19.1 Å². The summed E-state index contributed by atoms with van der Waals surface area (Å²) in [5.41, 5.74) is 1.33. The summed E-state index contributed by atoms with van der Waals surface area (Å²) in [4.78, 5) is 19.4. The van der Waals surface area contributed by atoms with E-state index in [9.17, 15) is 4.79 Å². The van der Waals surface area contributed by atoms with Crippen molar-refractivity contribution in [2.45, 2.75) is 72.8 Å². The smallest absolute Gasteiger partial charge is 0.273 e. The van der Waals surface area contributed by atoms with Crippen molar-refractivity contribution >= 4 is 5.91 Å². The van der Waals surface area contributed by atoms with E-state index in [0.717, 1.165) is 5.56 Å². The van der Waals surface area contributed by atoms with Gasteiger partial charge in [-0.25, -0.2) is 0 Å². The van der Waals surface area contributed by atoms with Gasteiger partial charge in [0.1, 0.15) is 11.4 Å². The van der Waals surface area contributed by atoms with Gasteiger partial charge in [-0.15, -0.1) is 0 Å². The van der Waals surface area contributed by atoms with Crippen molar-refractivity contribution in [3.8, 4) is 5.75 Å². The molecule has 6 nitrogen and oxygen atoms in total. The molecule has 0 unspecified atom stereocenters. The molecule has 0 saturated carbocycles. The Morgan fingerprint density at radius 2 is 1.85 bits per heavy atom. The minimum absolute atomic E-state index is 0.0478. The predicted octanol–water partition coefficient (Wildman–Crippen LogP) is 3.68. The third-order valence-corrected chi connectivity index (χ3v) is 4.72. The minimum atomic E-state index is -0.529. The van der Waals surface area contributed by atoms with Gasteiger partial charge in [-0.05, 0) is 54.0 Å². The van der Waals surface area contributed by atoms with Crippen LogP contribution in [0.2, 0.25) is 0 Å². The molecular formula is C21H34N2O4. The van der Waals surface area contributed by atoms with E-state index >= 15 is 0 Å². The van der Waals surface area contributed by atoms with Gasteiger partial charge in [0.15, 0.2) is 5.79 Å². The third kappa shape index (κ3) is 5.42. The van der Waals surface area contributed by atoms with Crippen LogP contribution in [0.15, 0.2) is 12.3 Å². The molecule has 1 aromatic rings. The highest BCUT2D eigenvalue weighted by atomic mass is 16.7. The SMILES string of the molecule is CCc1c(OCC2COC(C)(C)OC2)ccnc1C(=O)N(C(C)C)C(C)C. The van der Waals surface area contributed by atoms with Crippen LogP contribution in [0.25, 0.3) is 0 Å². The van der Waals surface area contributed by atoms with Crippen LogP contribution in [0.1, 0.15) is 64.5 Å². The number of hydrogen-bond donors (Lipinski definition) is 0. The average Bonchev–Trinajstić information content (AvgIpc) is 2.59. The summed E-state index contributed by atoms with van der Waals surface area (Å²) in [5.74, 6) is 0.303. The number of aromatic nitrogens is 1. The Balaban J connectivity index is 2.15. The van der Waals surface area contributed by atoms with Gasteiger partial charge in [0.05, 0.1) is 19.8 Å². The van der Waals surface area contributed by atoms with E-state index in [-0.39, 0.29) is 23.9 Å². The summed E-state index contributed by atoms with van der Waals surface area (Å²) in [6.45, 7) is 15.6. The molecule has 1 amide bonds. The fourth-order valence-electron chi connectivity index (χ4n) is 3.35. The van der Waals surface area contributed by atoms with Crippen molar-refractivity contribution in [2.75, 3.05) is 19.8 Å². The Kier molecular flexibility index (Phi) is 7.23. The zero-order valence-corrected chi connectivity index (χ0v) is 17.7. The van der Waals surface area contributed by atoms with Gasteiger partial charge in [-0.1, -0.05) is 6.92 Å². The molecule has 152 valence electrons. The van der Waals surface area contributed by atoms with E-state index in [1.54, 1.807) is 6.20 Å². The highest BCUT2D eigenvalue weighted by Gasteiger charge is 2.29. The number of carbonyl (C=O) groups is 1. The first kappa shape index (κ1) is 21.6. The van der Waals surface area contributed by atoms with Crippen molar-refractivity contribution in [3.05, 3.63) is 23.5 Å². The average molecular weight is 379 g/mol. The molecule has 0 radical (unpaired) electrons. The van der Waals surface area contributed by atoms with Gasteiger partial charge in [0.2, 0.25) is 0 Å². The Morgan fingerprint density at radius 3 is 2.37 bits per heavy atom. The van der Waals surface area contributed by atoms with Gasteiger partial charge in [-0.2, -0.15) is 0 Å². The number of rotatable bonds is 7. The van der Waals surface area contributed by atoms with Crippen LogP contribution in [-0.2, 0) is 15.9 Å². The summed E-state index contributed by atoms with van der Waals surface area (Å²) in [6.07, 6.45) is 2.33. The second-order valence-corrected chi connectivity index (χ2v) is 8.09.